The van der Waals surface area contributed by atoms with Gasteiger partial charge in [0.25, 0.3) is 0 Å². The van der Waals surface area contributed by atoms with E-state index in [1.165, 1.54) is 5.56 Å². The van der Waals surface area contributed by atoms with Crippen molar-refractivity contribution in [3.05, 3.63) is 42.5 Å². The molecule has 18 heavy (non-hydrogen) atoms. The highest BCUT2D eigenvalue weighted by atomic mass is 16.2. The molecule has 0 aromatic heterocycles. The number of amides is 1. The number of nitrogens with zero attached hydrogens (tertiary/aromatic N) is 1. The minimum atomic E-state index is 0.111. The normalized spacial score (nSPS) is 20.4. The van der Waals surface area contributed by atoms with Crippen LogP contribution in [0.4, 0.5) is 5.69 Å². The molecule has 0 saturated heterocycles. The number of anilines is 1. The summed E-state index contributed by atoms with van der Waals surface area (Å²) in [5.74, 6) is 0.164. The Kier molecular flexibility index (Phi) is 3.82. The molecule has 0 spiro atoms. The smallest absolute Gasteiger partial charge is 0.228 e. The first-order chi connectivity index (χ1) is 8.63. The predicted octanol–water partition coefficient (Wildman–Crippen LogP) is 2.65. The number of carbonyl (C=O) groups excluding carboxylic acids is 1. The van der Waals surface area contributed by atoms with Crippen LogP contribution < -0.4 is 10.2 Å². The van der Waals surface area contributed by atoms with E-state index in [4.69, 9.17) is 0 Å². The lowest BCUT2D eigenvalue weighted by Crippen LogP contribution is -2.40. The van der Waals surface area contributed by atoms with E-state index in [9.17, 15) is 4.79 Å². The number of nitrogens with one attached hydrogen (secondary N) is 1. The fourth-order valence-corrected chi connectivity index (χ4v) is 2.45. The zero-order valence-electron chi connectivity index (χ0n) is 11.0. The van der Waals surface area contributed by atoms with Crippen LogP contribution in [0.2, 0.25) is 0 Å². The molecule has 1 aromatic rings. The van der Waals surface area contributed by atoms with Gasteiger partial charge >= 0.3 is 0 Å². The van der Waals surface area contributed by atoms with Gasteiger partial charge in [0.15, 0.2) is 0 Å². The molecule has 1 heterocycles. The van der Waals surface area contributed by atoms with Gasteiger partial charge in [-0.25, -0.2) is 0 Å². The zero-order chi connectivity index (χ0) is 13.1. The first kappa shape index (κ1) is 12.8. The van der Waals surface area contributed by atoms with Crippen LogP contribution in [0.1, 0.15) is 31.4 Å². The zero-order valence-corrected chi connectivity index (χ0v) is 11.0. The summed E-state index contributed by atoms with van der Waals surface area (Å²) in [6.07, 6.45) is 3.33. The van der Waals surface area contributed by atoms with Gasteiger partial charge in [0.2, 0.25) is 5.91 Å². The van der Waals surface area contributed by atoms with Crippen LogP contribution in [0.15, 0.2) is 36.9 Å². The molecule has 2 unspecified atom stereocenters. The fraction of sp³-hybridized carbons (Fsp3) is 0.400. The summed E-state index contributed by atoms with van der Waals surface area (Å²) in [6.45, 7) is 5.87. The summed E-state index contributed by atoms with van der Waals surface area (Å²) in [4.78, 5) is 13.7. The topological polar surface area (TPSA) is 32.3 Å². The SMILES string of the molecule is C=CCC(C)NC1CC(=O)N(C)c2ccccc21. The molecule has 0 radical (unpaired) electrons. The van der Waals surface area contributed by atoms with E-state index in [2.05, 4.69) is 24.9 Å². The second-order valence-electron chi connectivity index (χ2n) is 4.86. The molecule has 1 N–H and O–H groups in total. The largest absolute Gasteiger partial charge is 0.315 e. The minimum absolute atomic E-state index is 0.111. The number of para-hydroxylation sites is 1. The quantitative estimate of drug-likeness (QED) is 0.826. The Labute approximate surface area is 108 Å². The summed E-state index contributed by atoms with van der Waals surface area (Å²) >= 11 is 0. The van der Waals surface area contributed by atoms with Crippen molar-refractivity contribution in [1.82, 2.24) is 5.32 Å². The average Bonchev–Trinajstić information content (AvgIpc) is 2.36. The number of hydrogen-bond donors (Lipinski definition) is 1. The van der Waals surface area contributed by atoms with Crippen LogP contribution in [0, 0.1) is 0 Å². The van der Waals surface area contributed by atoms with E-state index in [0.29, 0.717) is 12.5 Å². The van der Waals surface area contributed by atoms with Crippen molar-refractivity contribution in [3.8, 4) is 0 Å². The van der Waals surface area contributed by atoms with E-state index < -0.39 is 0 Å². The summed E-state index contributed by atoms with van der Waals surface area (Å²) in [5.41, 5.74) is 2.22. The van der Waals surface area contributed by atoms with E-state index in [-0.39, 0.29) is 11.9 Å². The Balaban J connectivity index is 2.24. The van der Waals surface area contributed by atoms with Gasteiger partial charge in [-0.3, -0.25) is 4.79 Å². The lowest BCUT2D eigenvalue weighted by atomic mass is 9.95. The van der Waals surface area contributed by atoms with Crippen LogP contribution >= 0.6 is 0 Å². The van der Waals surface area contributed by atoms with Crippen molar-refractivity contribution in [1.29, 1.82) is 0 Å². The first-order valence-electron chi connectivity index (χ1n) is 6.36. The van der Waals surface area contributed by atoms with E-state index in [0.717, 1.165) is 12.1 Å². The van der Waals surface area contributed by atoms with E-state index in [1.54, 1.807) is 4.90 Å². The highest BCUT2D eigenvalue weighted by molar-refractivity contribution is 5.96. The van der Waals surface area contributed by atoms with Gasteiger partial charge in [-0.05, 0) is 25.0 Å². The second-order valence-corrected chi connectivity index (χ2v) is 4.86. The van der Waals surface area contributed by atoms with Crippen molar-refractivity contribution in [2.75, 3.05) is 11.9 Å². The maximum Gasteiger partial charge on any atom is 0.228 e. The van der Waals surface area contributed by atoms with Gasteiger partial charge in [-0.1, -0.05) is 24.3 Å². The summed E-state index contributed by atoms with van der Waals surface area (Å²) < 4.78 is 0. The molecule has 1 aromatic carbocycles. The maximum absolute atomic E-state index is 12.0. The lowest BCUT2D eigenvalue weighted by Gasteiger charge is -2.33. The summed E-state index contributed by atoms with van der Waals surface area (Å²) in [6, 6.07) is 8.53. The van der Waals surface area contributed by atoms with Crippen LogP contribution in [-0.4, -0.2) is 19.0 Å². The summed E-state index contributed by atoms with van der Waals surface area (Å²) in [7, 11) is 1.84. The second kappa shape index (κ2) is 5.36. The Bertz CT molecular complexity index is 456. The Morgan fingerprint density at radius 2 is 2.28 bits per heavy atom. The van der Waals surface area contributed by atoms with Crippen LogP contribution in [0.3, 0.4) is 0 Å². The van der Waals surface area contributed by atoms with Crippen molar-refractivity contribution in [3.63, 3.8) is 0 Å². The third kappa shape index (κ3) is 2.46. The minimum Gasteiger partial charge on any atom is -0.315 e. The molecule has 2 rings (SSSR count). The molecular formula is C15H20N2O. The van der Waals surface area contributed by atoms with Crippen LogP contribution in [0.5, 0.6) is 0 Å². The summed E-state index contributed by atoms with van der Waals surface area (Å²) in [5, 5.41) is 3.51. The van der Waals surface area contributed by atoms with Crippen LogP contribution in [-0.2, 0) is 4.79 Å². The molecule has 1 aliphatic heterocycles. The van der Waals surface area contributed by atoms with Gasteiger partial charge in [-0.15, -0.1) is 6.58 Å². The van der Waals surface area contributed by atoms with Crippen LogP contribution in [0.25, 0.3) is 0 Å². The molecule has 0 aliphatic carbocycles. The molecule has 1 aliphatic rings. The lowest BCUT2D eigenvalue weighted by molar-refractivity contribution is -0.119. The van der Waals surface area contributed by atoms with Gasteiger partial charge in [-0.2, -0.15) is 0 Å². The molecule has 3 nitrogen and oxygen atoms in total. The molecule has 2 atom stereocenters. The van der Waals surface area contributed by atoms with Gasteiger partial charge in [0.05, 0.1) is 0 Å². The first-order valence-corrected chi connectivity index (χ1v) is 6.36. The average molecular weight is 244 g/mol. The highest BCUT2D eigenvalue weighted by Gasteiger charge is 2.29. The van der Waals surface area contributed by atoms with E-state index in [1.807, 2.05) is 31.3 Å². The standard InChI is InChI=1S/C15H20N2O/c1-4-7-11(2)16-13-10-15(18)17(3)14-9-6-5-8-12(13)14/h4-6,8-9,11,13,16H,1,7,10H2,2-3H3. The molecule has 3 heteroatoms. The van der Waals surface area contributed by atoms with Crippen molar-refractivity contribution in [2.24, 2.45) is 0 Å². The molecule has 0 saturated carbocycles. The molecule has 96 valence electrons. The molecule has 0 fully saturated rings. The predicted molar refractivity (Wildman–Crippen MR) is 74.6 cm³/mol. The Morgan fingerprint density at radius 3 is 3.00 bits per heavy atom. The van der Waals surface area contributed by atoms with Crippen molar-refractivity contribution < 1.29 is 4.79 Å². The molecule has 1 amide bonds. The number of rotatable bonds is 4. The fourth-order valence-electron chi connectivity index (χ4n) is 2.45. The number of fused-ring (bicyclic) bond motifs is 1. The van der Waals surface area contributed by atoms with Gasteiger partial charge in [0, 0.05) is 31.2 Å². The van der Waals surface area contributed by atoms with Crippen molar-refractivity contribution >= 4 is 11.6 Å². The number of hydrogen-bond acceptors (Lipinski definition) is 2. The maximum atomic E-state index is 12.0. The molecule has 0 bridgehead atoms. The monoisotopic (exact) mass is 244 g/mol. The Morgan fingerprint density at radius 1 is 1.56 bits per heavy atom. The third-order valence-corrected chi connectivity index (χ3v) is 3.43. The Hall–Kier alpha value is -1.61. The van der Waals surface area contributed by atoms with Gasteiger partial charge < -0.3 is 10.2 Å². The number of benzene rings is 1. The van der Waals surface area contributed by atoms with Crippen molar-refractivity contribution in [2.45, 2.75) is 31.8 Å². The number of carbonyl (C=O) groups is 1. The van der Waals surface area contributed by atoms with Gasteiger partial charge in [0.1, 0.15) is 0 Å². The van der Waals surface area contributed by atoms with E-state index >= 15 is 0 Å². The third-order valence-electron chi connectivity index (χ3n) is 3.43. The highest BCUT2D eigenvalue weighted by Crippen LogP contribution is 2.33. The molecular weight excluding hydrogens is 224 g/mol.